The van der Waals surface area contributed by atoms with E-state index in [0.717, 1.165) is 11.5 Å². The van der Waals surface area contributed by atoms with Gasteiger partial charge in [-0.1, -0.05) is 5.16 Å². The zero-order chi connectivity index (χ0) is 14.1. The van der Waals surface area contributed by atoms with Gasteiger partial charge in [0.25, 0.3) is 0 Å². The predicted octanol–water partition coefficient (Wildman–Crippen LogP) is 0.470. The Morgan fingerprint density at radius 1 is 1.40 bits per heavy atom. The molecule has 2 atom stereocenters. The summed E-state index contributed by atoms with van der Waals surface area (Å²) >= 11 is 0. The number of hydrogen-bond donors (Lipinski definition) is 1. The molecule has 0 spiro atoms. The number of aryl methyl sites for hydroxylation is 1. The summed E-state index contributed by atoms with van der Waals surface area (Å²) in [6.07, 6.45) is 3.83. The summed E-state index contributed by atoms with van der Waals surface area (Å²) in [6.45, 7) is 0.556. The molecule has 1 fully saturated rings. The monoisotopic (exact) mass is 275 g/mol. The largest absolute Gasteiger partial charge is 0.360 e. The van der Waals surface area contributed by atoms with Gasteiger partial charge >= 0.3 is 0 Å². The fourth-order valence-corrected chi connectivity index (χ4v) is 2.70. The molecule has 2 aromatic heterocycles. The number of likely N-dealkylation sites (tertiary alicyclic amines) is 1. The summed E-state index contributed by atoms with van der Waals surface area (Å²) in [5.41, 5.74) is 1.02. The zero-order valence-electron chi connectivity index (χ0n) is 11.5. The molecule has 1 saturated heterocycles. The van der Waals surface area contributed by atoms with Gasteiger partial charge in [0.1, 0.15) is 5.76 Å². The molecule has 106 valence electrons. The van der Waals surface area contributed by atoms with E-state index < -0.39 is 0 Å². The maximum absolute atomic E-state index is 12.0. The van der Waals surface area contributed by atoms with Crippen molar-refractivity contribution in [2.24, 2.45) is 7.05 Å². The molecule has 1 aliphatic rings. The number of likely N-dealkylation sites (N-methyl/N-ethyl adjacent to an activating group) is 1. The molecule has 3 rings (SSSR count). The molecular formula is C13H17N5O2. The number of amides is 1. The average molecular weight is 275 g/mol. The molecule has 1 aliphatic heterocycles. The second-order valence-corrected chi connectivity index (χ2v) is 5.00. The maximum atomic E-state index is 12.0. The highest BCUT2D eigenvalue weighted by Crippen LogP contribution is 2.31. The molecule has 20 heavy (non-hydrogen) atoms. The van der Waals surface area contributed by atoms with Crippen molar-refractivity contribution in [2.75, 3.05) is 7.05 Å². The first-order valence-corrected chi connectivity index (χ1v) is 6.53. The number of hydrogen-bond acceptors (Lipinski definition) is 5. The van der Waals surface area contributed by atoms with Gasteiger partial charge in [-0.3, -0.25) is 9.48 Å². The normalized spacial score (nSPS) is 22.7. The summed E-state index contributed by atoms with van der Waals surface area (Å²) in [5, 5.41) is 11.2. The molecular weight excluding hydrogens is 258 g/mol. The van der Waals surface area contributed by atoms with Gasteiger partial charge in [-0.05, 0) is 6.07 Å². The Labute approximate surface area is 116 Å². The first kappa shape index (κ1) is 12.9. The Balaban J connectivity index is 1.78. The molecule has 0 aliphatic carbocycles. The summed E-state index contributed by atoms with van der Waals surface area (Å²) in [5.74, 6) is 0.891. The molecule has 0 unspecified atom stereocenters. The zero-order valence-corrected chi connectivity index (χ0v) is 11.5. The SMILES string of the molecule is CN1C(=O)C[C@H](NCc2ccno2)[C@H]1c1ccnn1C. The van der Waals surface area contributed by atoms with Gasteiger partial charge in [-0.2, -0.15) is 5.10 Å². The third-order valence-corrected chi connectivity index (χ3v) is 3.78. The Hall–Kier alpha value is -2.15. The van der Waals surface area contributed by atoms with Crippen molar-refractivity contribution in [1.82, 2.24) is 25.2 Å². The molecule has 0 radical (unpaired) electrons. The Bertz CT molecular complexity index is 592. The van der Waals surface area contributed by atoms with Crippen LogP contribution in [0.4, 0.5) is 0 Å². The quantitative estimate of drug-likeness (QED) is 0.877. The van der Waals surface area contributed by atoms with Crippen molar-refractivity contribution in [3.05, 3.63) is 36.0 Å². The van der Waals surface area contributed by atoms with Crippen molar-refractivity contribution in [3.63, 3.8) is 0 Å². The van der Waals surface area contributed by atoms with Gasteiger partial charge in [0.2, 0.25) is 5.91 Å². The van der Waals surface area contributed by atoms with Crippen molar-refractivity contribution < 1.29 is 9.32 Å². The van der Waals surface area contributed by atoms with Crippen LogP contribution in [0.15, 0.2) is 29.0 Å². The number of nitrogens with one attached hydrogen (secondary N) is 1. The van der Waals surface area contributed by atoms with Crippen LogP contribution in [0.2, 0.25) is 0 Å². The molecule has 0 aromatic carbocycles. The van der Waals surface area contributed by atoms with E-state index in [1.165, 1.54) is 0 Å². The van der Waals surface area contributed by atoms with E-state index in [4.69, 9.17) is 4.52 Å². The predicted molar refractivity (Wildman–Crippen MR) is 70.5 cm³/mol. The minimum absolute atomic E-state index is 0.0158. The van der Waals surface area contributed by atoms with Crippen LogP contribution in [0.1, 0.15) is 23.9 Å². The Morgan fingerprint density at radius 2 is 2.25 bits per heavy atom. The molecule has 7 nitrogen and oxygen atoms in total. The lowest BCUT2D eigenvalue weighted by Gasteiger charge is -2.25. The smallest absolute Gasteiger partial charge is 0.224 e. The van der Waals surface area contributed by atoms with Crippen LogP contribution in [0.5, 0.6) is 0 Å². The number of aromatic nitrogens is 3. The van der Waals surface area contributed by atoms with Gasteiger partial charge in [0.15, 0.2) is 0 Å². The van der Waals surface area contributed by atoms with Crippen LogP contribution in [0, 0.1) is 0 Å². The Kier molecular flexibility index (Phi) is 3.27. The van der Waals surface area contributed by atoms with E-state index in [9.17, 15) is 4.79 Å². The molecule has 0 bridgehead atoms. The average Bonchev–Trinajstić information content (AvgIpc) is 3.12. The van der Waals surface area contributed by atoms with Crippen LogP contribution in [-0.2, 0) is 18.4 Å². The first-order valence-electron chi connectivity index (χ1n) is 6.53. The van der Waals surface area contributed by atoms with Gasteiger partial charge in [0, 0.05) is 38.8 Å². The lowest BCUT2D eigenvalue weighted by molar-refractivity contribution is -0.127. The highest BCUT2D eigenvalue weighted by Gasteiger charge is 2.39. The van der Waals surface area contributed by atoms with Gasteiger partial charge in [-0.15, -0.1) is 0 Å². The van der Waals surface area contributed by atoms with Crippen molar-refractivity contribution in [1.29, 1.82) is 0 Å². The van der Waals surface area contributed by atoms with E-state index in [2.05, 4.69) is 15.6 Å². The molecule has 1 N–H and O–H groups in total. The van der Waals surface area contributed by atoms with Crippen molar-refractivity contribution in [2.45, 2.75) is 25.0 Å². The second kappa shape index (κ2) is 5.09. The molecule has 2 aromatic rings. The fourth-order valence-electron chi connectivity index (χ4n) is 2.70. The van der Waals surface area contributed by atoms with Gasteiger partial charge in [-0.25, -0.2) is 0 Å². The van der Waals surface area contributed by atoms with Crippen LogP contribution >= 0.6 is 0 Å². The topological polar surface area (TPSA) is 76.2 Å². The summed E-state index contributed by atoms with van der Waals surface area (Å²) in [4.78, 5) is 13.8. The van der Waals surface area contributed by atoms with Crippen LogP contribution in [0.3, 0.4) is 0 Å². The Morgan fingerprint density at radius 3 is 2.90 bits per heavy atom. The summed E-state index contributed by atoms with van der Waals surface area (Å²) < 4.78 is 6.88. The molecule has 1 amide bonds. The molecule has 3 heterocycles. The van der Waals surface area contributed by atoms with E-state index in [1.54, 1.807) is 17.3 Å². The lowest BCUT2D eigenvalue weighted by Crippen LogP contribution is -2.35. The minimum atomic E-state index is -0.0158. The minimum Gasteiger partial charge on any atom is -0.360 e. The highest BCUT2D eigenvalue weighted by molar-refractivity contribution is 5.80. The maximum Gasteiger partial charge on any atom is 0.224 e. The van der Waals surface area contributed by atoms with Crippen LogP contribution < -0.4 is 5.32 Å². The van der Waals surface area contributed by atoms with Crippen LogP contribution in [-0.4, -0.2) is 38.8 Å². The summed E-state index contributed by atoms with van der Waals surface area (Å²) in [7, 11) is 3.72. The summed E-state index contributed by atoms with van der Waals surface area (Å²) in [6, 6.07) is 3.78. The van der Waals surface area contributed by atoms with Gasteiger partial charge < -0.3 is 14.7 Å². The highest BCUT2D eigenvalue weighted by atomic mass is 16.5. The van der Waals surface area contributed by atoms with Crippen molar-refractivity contribution >= 4 is 5.91 Å². The third-order valence-electron chi connectivity index (χ3n) is 3.78. The third kappa shape index (κ3) is 2.20. The number of nitrogens with zero attached hydrogens (tertiary/aromatic N) is 4. The van der Waals surface area contributed by atoms with E-state index in [-0.39, 0.29) is 18.0 Å². The fraction of sp³-hybridized carbons (Fsp3) is 0.462. The second-order valence-electron chi connectivity index (χ2n) is 5.00. The van der Waals surface area contributed by atoms with Crippen molar-refractivity contribution in [3.8, 4) is 0 Å². The molecule has 0 saturated carbocycles. The number of rotatable bonds is 4. The van der Waals surface area contributed by atoms with Crippen LogP contribution in [0.25, 0.3) is 0 Å². The van der Waals surface area contributed by atoms with E-state index in [1.807, 2.05) is 30.9 Å². The van der Waals surface area contributed by atoms with Gasteiger partial charge in [0.05, 0.1) is 24.5 Å². The molecule has 7 heteroatoms. The van der Waals surface area contributed by atoms with E-state index in [0.29, 0.717) is 13.0 Å². The lowest BCUT2D eigenvalue weighted by atomic mass is 10.1. The number of carbonyl (C=O) groups is 1. The number of carbonyl (C=O) groups excluding carboxylic acids is 1. The first-order chi connectivity index (χ1) is 9.66. The standard InChI is InChI=1S/C13H17N5O2/c1-17-12(19)7-10(14-8-9-3-6-16-20-9)13(17)11-4-5-15-18(11)2/h3-6,10,13-14H,7-8H2,1-2H3/t10-,13-/m0/s1. The van der Waals surface area contributed by atoms with E-state index >= 15 is 0 Å².